The van der Waals surface area contributed by atoms with Gasteiger partial charge < -0.3 is 0 Å². The van der Waals surface area contributed by atoms with Crippen LogP contribution in [0.4, 0.5) is 0 Å². The lowest BCUT2D eigenvalue weighted by molar-refractivity contribution is 0.872. The molecule has 0 radical (unpaired) electrons. The highest BCUT2D eigenvalue weighted by Crippen LogP contribution is 2.31. The number of hydrogen-bond acceptors (Lipinski definition) is 2. The topological polar surface area (TPSA) is 30.7 Å². The molecule has 1 atom stereocenters. The molecule has 0 aliphatic heterocycles. The van der Waals surface area contributed by atoms with Crippen molar-refractivity contribution in [1.29, 1.82) is 0 Å². The van der Waals surface area contributed by atoms with Crippen molar-refractivity contribution in [3.8, 4) is 5.69 Å². The number of aryl methyl sites for hydroxylation is 1. The standard InChI is InChI=1S/C16H15BrClN3/c1-9-7-13-16(19-8-9)21(15(20-13)11(3)18)14-6-4-5-12(17)10(14)2/h4-8,11H,1-3H3. The van der Waals surface area contributed by atoms with Gasteiger partial charge in [-0.1, -0.05) is 22.0 Å². The summed E-state index contributed by atoms with van der Waals surface area (Å²) < 4.78 is 3.11. The number of imidazole rings is 1. The van der Waals surface area contributed by atoms with E-state index in [4.69, 9.17) is 11.6 Å². The number of alkyl halides is 1. The third-order valence-electron chi connectivity index (χ3n) is 3.50. The molecule has 0 amide bonds. The van der Waals surface area contributed by atoms with Gasteiger partial charge >= 0.3 is 0 Å². The van der Waals surface area contributed by atoms with Crippen molar-refractivity contribution in [3.05, 3.63) is 51.9 Å². The smallest absolute Gasteiger partial charge is 0.164 e. The zero-order valence-corrected chi connectivity index (χ0v) is 14.4. The van der Waals surface area contributed by atoms with Crippen LogP contribution in [-0.4, -0.2) is 14.5 Å². The maximum absolute atomic E-state index is 6.34. The first-order valence-corrected chi connectivity index (χ1v) is 7.96. The van der Waals surface area contributed by atoms with Gasteiger partial charge in [-0.15, -0.1) is 11.6 Å². The van der Waals surface area contributed by atoms with Crippen molar-refractivity contribution in [1.82, 2.24) is 14.5 Å². The Morgan fingerprint density at radius 3 is 2.76 bits per heavy atom. The van der Waals surface area contributed by atoms with Crippen LogP contribution in [0.1, 0.15) is 29.3 Å². The third kappa shape index (κ3) is 2.47. The Kier molecular flexibility index (Phi) is 3.76. The number of hydrogen-bond donors (Lipinski definition) is 0. The summed E-state index contributed by atoms with van der Waals surface area (Å²) in [6, 6.07) is 8.13. The van der Waals surface area contributed by atoms with Gasteiger partial charge in [0, 0.05) is 10.7 Å². The van der Waals surface area contributed by atoms with Crippen LogP contribution >= 0.6 is 27.5 Å². The number of benzene rings is 1. The Hall–Kier alpha value is -1.39. The maximum Gasteiger partial charge on any atom is 0.164 e. The molecule has 2 heterocycles. The SMILES string of the molecule is Cc1cnc2c(c1)nc(C(C)Cl)n2-c1cccc(Br)c1C. The van der Waals surface area contributed by atoms with E-state index in [2.05, 4.69) is 38.9 Å². The molecule has 0 aliphatic carbocycles. The summed E-state index contributed by atoms with van der Waals surface area (Å²) in [7, 11) is 0. The molecule has 3 aromatic rings. The molecule has 0 saturated carbocycles. The first-order chi connectivity index (χ1) is 9.99. The number of fused-ring (bicyclic) bond motifs is 1. The van der Waals surface area contributed by atoms with Gasteiger partial charge in [0.25, 0.3) is 0 Å². The molecule has 0 saturated heterocycles. The van der Waals surface area contributed by atoms with Crippen LogP contribution in [0.15, 0.2) is 34.9 Å². The lowest BCUT2D eigenvalue weighted by Gasteiger charge is -2.13. The summed E-state index contributed by atoms with van der Waals surface area (Å²) in [5.41, 5.74) is 4.98. The number of halogens is 2. The molecule has 0 bridgehead atoms. The molecular formula is C16H15BrClN3. The van der Waals surface area contributed by atoms with Crippen molar-refractivity contribution >= 4 is 38.7 Å². The molecule has 21 heavy (non-hydrogen) atoms. The minimum Gasteiger partial charge on any atom is -0.279 e. The van der Waals surface area contributed by atoms with Crippen LogP contribution in [0.5, 0.6) is 0 Å². The Morgan fingerprint density at radius 1 is 1.29 bits per heavy atom. The average molecular weight is 365 g/mol. The number of nitrogens with zero attached hydrogens (tertiary/aromatic N) is 3. The van der Waals surface area contributed by atoms with Gasteiger partial charge in [0.2, 0.25) is 0 Å². The summed E-state index contributed by atoms with van der Waals surface area (Å²) in [5, 5.41) is -0.196. The lowest BCUT2D eigenvalue weighted by atomic mass is 10.2. The minimum atomic E-state index is -0.196. The van der Waals surface area contributed by atoms with Crippen LogP contribution in [0.2, 0.25) is 0 Å². The minimum absolute atomic E-state index is 0.196. The summed E-state index contributed by atoms with van der Waals surface area (Å²) in [4.78, 5) is 9.23. The van der Waals surface area contributed by atoms with E-state index in [0.29, 0.717) is 0 Å². The van der Waals surface area contributed by atoms with Gasteiger partial charge in [0.05, 0.1) is 11.1 Å². The average Bonchev–Trinajstić information content (AvgIpc) is 2.80. The van der Waals surface area contributed by atoms with E-state index in [9.17, 15) is 0 Å². The largest absolute Gasteiger partial charge is 0.279 e. The molecule has 1 aromatic carbocycles. The zero-order valence-electron chi connectivity index (χ0n) is 12.1. The quantitative estimate of drug-likeness (QED) is 0.592. The highest BCUT2D eigenvalue weighted by Gasteiger charge is 2.19. The zero-order chi connectivity index (χ0) is 15.1. The van der Waals surface area contributed by atoms with Crippen LogP contribution in [0.3, 0.4) is 0 Å². The van der Waals surface area contributed by atoms with Crippen molar-refractivity contribution in [2.75, 3.05) is 0 Å². The monoisotopic (exact) mass is 363 g/mol. The van der Waals surface area contributed by atoms with E-state index in [1.807, 2.05) is 42.8 Å². The van der Waals surface area contributed by atoms with Crippen LogP contribution in [0.25, 0.3) is 16.9 Å². The van der Waals surface area contributed by atoms with Gasteiger partial charge in [-0.3, -0.25) is 4.57 Å². The molecule has 108 valence electrons. The molecule has 3 rings (SSSR count). The molecule has 5 heteroatoms. The second kappa shape index (κ2) is 5.43. The van der Waals surface area contributed by atoms with Crippen molar-refractivity contribution in [3.63, 3.8) is 0 Å². The van der Waals surface area contributed by atoms with Gasteiger partial charge in [0.15, 0.2) is 5.65 Å². The normalized spacial score (nSPS) is 12.8. The van der Waals surface area contributed by atoms with E-state index in [1.165, 1.54) is 0 Å². The van der Waals surface area contributed by atoms with Crippen molar-refractivity contribution in [2.24, 2.45) is 0 Å². The highest BCUT2D eigenvalue weighted by molar-refractivity contribution is 9.10. The molecule has 2 aromatic heterocycles. The molecule has 0 fully saturated rings. The molecule has 0 aliphatic rings. The molecule has 0 N–H and O–H groups in total. The van der Waals surface area contributed by atoms with Crippen LogP contribution < -0.4 is 0 Å². The van der Waals surface area contributed by atoms with Crippen molar-refractivity contribution in [2.45, 2.75) is 26.1 Å². The summed E-state index contributed by atoms with van der Waals surface area (Å²) in [6.45, 7) is 6.02. The van der Waals surface area contributed by atoms with Gasteiger partial charge in [-0.05, 0) is 50.1 Å². The molecule has 1 unspecified atom stereocenters. The molecular weight excluding hydrogens is 350 g/mol. The van der Waals surface area contributed by atoms with Crippen LogP contribution in [-0.2, 0) is 0 Å². The van der Waals surface area contributed by atoms with Crippen LogP contribution in [0, 0.1) is 13.8 Å². The Balaban J connectivity index is 2.39. The predicted molar refractivity (Wildman–Crippen MR) is 90.3 cm³/mol. The van der Waals surface area contributed by atoms with Crippen molar-refractivity contribution < 1.29 is 0 Å². The van der Waals surface area contributed by atoms with E-state index >= 15 is 0 Å². The summed E-state index contributed by atoms with van der Waals surface area (Å²) >= 11 is 9.92. The second-order valence-electron chi connectivity index (χ2n) is 5.16. The molecule has 3 nitrogen and oxygen atoms in total. The lowest BCUT2D eigenvalue weighted by Crippen LogP contribution is -2.04. The maximum atomic E-state index is 6.34. The summed E-state index contributed by atoms with van der Waals surface area (Å²) in [5.74, 6) is 0.811. The number of rotatable bonds is 2. The predicted octanol–water partition coefficient (Wildman–Crippen LogP) is 5.10. The highest BCUT2D eigenvalue weighted by atomic mass is 79.9. The van der Waals surface area contributed by atoms with Gasteiger partial charge in [-0.2, -0.15) is 0 Å². The molecule has 0 spiro atoms. The second-order valence-corrected chi connectivity index (χ2v) is 6.67. The van der Waals surface area contributed by atoms with Gasteiger partial charge in [0.1, 0.15) is 11.3 Å². The van der Waals surface area contributed by atoms with E-state index in [1.54, 1.807) is 0 Å². The Bertz CT molecular complexity index is 824. The van der Waals surface area contributed by atoms with E-state index in [-0.39, 0.29) is 5.38 Å². The van der Waals surface area contributed by atoms with Gasteiger partial charge in [-0.25, -0.2) is 9.97 Å². The Morgan fingerprint density at radius 2 is 2.05 bits per heavy atom. The fourth-order valence-corrected chi connectivity index (χ4v) is 2.93. The Labute approximate surface area is 137 Å². The summed E-state index contributed by atoms with van der Waals surface area (Å²) in [6.07, 6.45) is 1.86. The number of aromatic nitrogens is 3. The first-order valence-electron chi connectivity index (χ1n) is 6.73. The fraction of sp³-hybridized carbons (Fsp3) is 0.250. The third-order valence-corrected chi connectivity index (χ3v) is 4.55. The number of pyridine rings is 1. The van der Waals surface area contributed by atoms with E-state index < -0.39 is 0 Å². The first kappa shape index (κ1) is 14.5. The van der Waals surface area contributed by atoms with E-state index in [0.717, 1.165) is 38.3 Å². The fourth-order valence-electron chi connectivity index (χ4n) is 2.43.